The van der Waals surface area contributed by atoms with E-state index in [0.29, 0.717) is 19.2 Å². The molecule has 0 bridgehead atoms. The summed E-state index contributed by atoms with van der Waals surface area (Å²) in [6.45, 7) is 6.25. The smallest absolute Gasteiger partial charge is 0.125 e. The second-order valence-electron chi connectivity index (χ2n) is 4.63. The van der Waals surface area contributed by atoms with Gasteiger partial charge in [-0.3, -0.25) is 0 Å². The highest BCUT2D eigenvalue weighted by molar-refractivity contribution is 5.49. The van der Waals surface area contributed by atoms with E-state index in [4.69, 9.17) is 4.74 Å². The molecule has 0 heterocycles. The molecule has 0 aliphatic carbocycles. The number of ether oxygens (including phenoxy) is 1. The number of nitrogens with one attached hydrogen (secondary N) is 1. The average molecular weight is 254 g/mol. The van der Waals surface area contributed by atoms with E-state index < -0.39 is 0 Å². The van der Waals surface area contributed by atoms with Crippen LogP contribution in [0, 0.1) is 5.82 Å². The van der Waals surface area contributed by atoms with Crippen LogP contribution in [-0.2, 0) is 11.3 Å². The van der Waals surface area contributed by atoms with E-state index >= 15 is 0 Å². The van der Waals surface area contributed by atoms with Crippen molar-refractivity contribution in [3.63, 3.8) is 0 Å². The highest BCUT2D eigenvalue weighted by atomic mass is 19.1. The van der Waals surface area contributed by atoms with Gasteiger partial charge in [0.1, 0.15) is 5.82 Å². The number of hydrogen-bond acceptors (Lipinski definition) is 3. The summed E-state index contributed by atoms with van der Waals surface area (Å²) in [4.78, 5) is 2.14. The van der Waals surface area contributed by atoms with E-state index in [2.05, 4.69) is 24.1 Å². The molecular weight excluding hydrogens is 231 g/mol. The molecule has 0 spiro atoms. The van der Waals surface area contributed by atoms with Gasteiger partial charge in [-0.15, -0.1) is 0 Å². The number of anilines is 1. The zero-order valence-electron chi connectivity index (χ0n) is 11.7. The van der Waals surface area contributed by atoms with Crippen molar-refractivity contribution < 1.29 is 9.13 Å². The summed E-state index contributed by atoms with van der Waals surface area (Å²) < 4.78 is 18.7. The summed E-state index contributed by atoms with van der Waals surface area (Å²) in [5, 5.41) is 3.04. The van der Waals surface area contributed by atoms with Crippen LogP contribution in [0.3, 0.4) is 0 Å². The minimum absolute atomic E-state index is 0.194. The van der Waals surface area contributed by atoms with Crippen LogP contribution in [-0.4, -0.2) is 33.4 Å². The van der Waals surface area contributed by atoms with Crippen LogP contribution in [0.5, 0.6) is 0 Å². The highest BCUT2D eigenvalue weighted by Crippen LogP contribution is 2.20. The van der Waals surface area contributed by atoms with Crippen molar-refractivity contribution in [3.8, 4) is 0 Å². The summed E-state index contributed by atoms with van der Waals surface area (Å²) in [7, 11) is 3.53. The first-order valence-electron chi connectivity index (χ1n) is 6.28. The molecule has 4 heteroatoms. The van der Waals surface area contributed by atoms with E-state index in [1.807, 2.05) is 13.1 Å². The van der Waals surface area contributed by atoms with Gasteiger partial charge in [0, 0.05) is 31.9 Å². The molecule has 0 radical (unpaired) electrons. The molecule has 1 N–H and O–H groups in total. The average Bonchev–Trinajstić information content (AvgIpc) is 2.28. The zero-order valence-corrected chi connectivity index (χ0v) is 11.7. The number of methoxy groups -OCH3 is 1. The van der Waals surface area contributed by atoms with Gasteiger partial charge in [-0.05, 0) is 44.7 Å². The molecule has 1 rings (SSSR count). The van der Waals surface area contributed by atoms with Crippen LogP contribution in [0.1, 0.15) is 19.4 Å². The Morgan fingerprint density at radius 3 is 2.61 bits per heavy atom. The maximum Gasteiger partial charge on any atom is 0.125 e. The summed E-state index contributed by atoms with van der Waals surface area (Å²) in [6.07, 6.45) is 0. The Hall–Kier alpha value is -1.13. The molecule has 0 unspecified atom stereocenters. The summed E-state index contributed by atoms with van der Waals surface area (Å²) in [5.74, 6) is -0.194. The molecule has 0 aromatic heterocycles. The minimum atomic E-state index is -0.194. The molecule has 0 amide bonds. The largest absolute Gasteiger partial charge is 0.383 e. The first-order valence-corrected chi connectivity index (χ1v) is 6.28. The van der Waals surface area contributed by atoms with Crippen molar-refractivity contribution >= 4 is 5.69 Å². The van der Waals surface area contributed by atoms with Gasteiger partial charge in [0.15, 0.2) is 0 Å². The van der Waals surface area contributed by atoms with Crippen LogP contribution >= 0.6 is 0 Å². The van der Waals surface area contributed by atoms with Crippen molar-refractivity contribution in [3.05, 3.63) is 29.6 Å². The van der Waals surface area contributed by atoms with Crippen molar-refractivity contribution in [1.29, 1.82) is 0 Å². The van der Waals surface area contributed by atoms with E-state index in [0.717, 1.165) is 17.8 Å². The monoisotopic (exact) mass is 254 g/mol. The molecule has 1 aromatic rings. The topological polar surface area (TPSA) is 24.5 Å². The Bertz CT molecular complexity index is 369. The van der Waals surface area contributed by atoms with E-state index in [1.54, 1.807) is 19.2 Å². The van der Waals surface area contributed by atoms with Crippen LogP contribution in [0.4, 0.5) is 10.1 Å². The van der Waals surface area contributed by atoms with E-state index in [1.165, 1.54) is 0 Å². The number of halogens is 1. The Balaban J connectivity index is 2.95. The lowest BCUT2D eigenvalue weighted by molar-refractivity contribution is 0.204. The molecule has 0 atom stereocenters. The fourth-order valence-electron chi connectivity index (χ4n) is 1.98. The third kappa shape index (κ3) is 4.27. The summed E-state index contributed by atoms with van der Waals surface area (Å²) in [6, 6.07) is 5.48. The number of hydrogen-bond donors (Lipinski definition) is 1. The predicted molar refractivity (Wildman–Crippen MR) is 73.5 cm³/mol. The molecule has 0 aliphatic rings. The van der Waals surface area contributed by atoms with Gasteiger partial charge in [0.2, 0.25) is 0 Å². The first kappa shape index (κ1) is 14.9. The Morgan fingerprint density at radius 1 is 1.33 bits per heavy atom. The fraction of sp³-hybridized carbons (Fsp3) is 0.571. The SMILES string of the molecule is CNCc1cc(F)cc(N(CCOC)C(C)C)c1. The molecule has 18 heavy (non-hydrogen) atoms. The molecule has 3 nitrogen and oxygen atoms in total. The van der Waals surface area contributed by atoms with Gasteiger partial charge in [-0.2, -0.15) is 0 Å². The second kappa shape index (κ2) is 7.34. The standard InChI is InChI=1S/C14H23FN2O/c1-11(2)17(5-6-18-4)14-8-12(10-16-3)7-13(15)9-14/h7-9,11,16H,5-6,10H2,1-4H3. The number of benzene rings is 1. The van der Waals surface area contributed by atoms with Gasteiger partial charge >= 0.3 is 0 Å². The first-order chi connectivity index (χ1) is 8.58. The lowest BCUT2D eigenvalue weighted by atomic mass is 10.1. The highest BCUT2D eigenvalue weighted by Gasteiger charge is 2.12. The van der Waals surface area contributed by atoms with Gasteiger partial charge in [0.05, 0.1) is 6.61 Å². The Morgan fingerprint density at radius 2 is 2.06 bits per heavy atom. The van der Waals surface area contributed by atoms with Crippen LogP contribution in [0.15, 0.2) is 18.2 Å². The van der Waals surface area contributed by atoms with E-state index in [9.17, 15) is 4.39 Å². The van der Waals surface area contributed by atoms with Gasteiger partial charge in [-0.25, -0.2) is 4.39 Å². The predicted octanol–water partition coefficient (Wildman–Crippen LogP) is 2.41. The quantitative estimate of drug-likeness (QED) is 0.808. The number of nitrogens with zero attached hydrogens (tertiary/aromatic N) is 1. The molecule has 0 saturated heterocycles. The normalized spacial score (nSPS) is 11.0. The van der Waals surface area contributed by atoms with Crippen LogP contribution in [0.2, 0.25) is 0 Å². The molecule has 0 saturated carbocycles. The molecule has 1 aromatic carbocycles. The molecule has 0 fully saturated rings. The minimum Gasteiger partial charge on any atom is -0.383 e. The van der Waals surface area contributed by atoms with Crippen molar-refractivity contribution in [1.82, 2.24) is 5.32 Å². The maximum atomic E-state index is 13.6. The Labute approximate surface area is 109 Å². The summed E-state index contributed by atoms with van der Waals surface area (Å²) >= 11 is 0. The Kier molecular flexibility index (Phi) is 6.09. The second-order valence-corrected chi connectivity index (χ2v) is 4.63. The molecule has 0 aliphatic heterocycles. The fourth-order valence-corrected chi connectivity index (χ4v) is 1.98. The lowest BCUT2D eigenvalue weighted by Crippen LogP contribution is -2.34. The van der Waals surface area contributed by atoms with Gasteiger partial charge in [-0.1, -0.05) is 0 Å². The van der Waals surface area contributed by atoms with Crippen LogP contribution < -0.4 is 10.2 Å². The van der Waals surface area contributed by atoms with Crippen molar-refractivity contribution in [2.75, 3.05) is 32.2 Å². The molecule has 102 valence electrons. The third-order valence-electron chi connectivity index (χ3n) is 2.81. The van der Waals surface area contributed by atoms with E-state index in [-0.39, 0.29) is 5.82 Å². The van der Waals surface area contributed by atoms with Crippen molar-refractivity contribution in [2.24, 2.45) is 0 Å². The number of rotatable bonds is 7. The van der Waals surface area contributed by atoms with Crippen molar-refractivity contribution in [2.45, 2.75) is 26.4 Å². The summed E-state index contributed by atoms with van der Waals surface area (Å²) in [5.41, 5.74) is 1.86. The molecular formula is C14H23FN2O. The third-order valence-corrected chi connectivity index (χ3v) is 2.81. The van der Waals surface area contributed by atoms with Crippen LogP contribution in [0.25, 0.3) is 0 Å². The maximum absolute atomic E-state index is 13.6. The van der Waals surface area contributed by atoms with Gasteiger partial charge < -0.3 is 15.0 Å². The lowest BCUT2D eigenvalue weighted by Gasteiger charge is -2.29. The van der Waals surface area contributed by atoms with Gasteiger partial charge in [0.25, 0.3) is 0 Å². The zero-order chi connectivity index (χ0) is 13.5.